The van der Waals surface area contributed by atoms with E-state index in [0.29, 0.717) is 50.7 Å². The Kier molecular flexibility index (Phi) is 7.33. The Morgan fingerprint density at radius 3 is 2.65 bits per heavy atom. The lowest BCUT2D eigenvalue weighted by Gasteiger charge is -2.37. The van der Waals surface area contributed by atoms with E-state index in [0.717, 1.165) is 11.3 Å². The molecule has 3 atom stereocenters. The minimum Gasteiger partial charge on any atom is -0.394 e. The minimum absolute atomic E-state index is 0.185. The van der Waals surface area contributed by atoms with Crippen molar-refractivity contribution in [2.45, 2.75) is 24.4 Å². The number of benzene rings is 1. The normalized spacial score (nSPS) is 25.1. The molecule has 37 heavy (non-hydrogen) atoms. The van der Waals surface area contributed by atoms with Gasteiger partial charge in [0.15, 0.2) is 12.4 Å². The van der Waals surface area contributed by atoms with Gasteiger partial charge in [-0.25, -0.2) is 15.0 Å². The Morgan fingerprint density at radius 1 is 1.22 bits per heavy atom. The number of amidine groups is 1. The number of aliphatic hydroxyl groups excluding tert-OH is 2. The van der Waals surface area contributed by atoms with Gasteiger partial charge in [0.2, 0.25) is 5.95 Å². The van der Waals surface area contributed by atoms with Gasteiger partial charge in [-0.1, -0.05) is 30.3 Å². The van der Waals surface area contributed by atoms with E-state index >= 15 is 0 Å². The Bertz CT molecular complexity index is 1150. The molecule has 196 valence electrons. The number of nitrogens with zero attached hydrogens (tertiary/aromatic N) is 5. The van der Waals surface area contributed by atoms with Crippen LogP contribution in [0, 0.1) is 0 Å². The number of nitrogens with one attached hydrogen (secondary N) is 2. The largest absolute Gasteiger partial charge is 0.394 e. The lowest BCUT2D eigenvalue weighted by Crippen LogP contribution is -2.56. The van der Waals surface area contributed by atoms with Gasteiger partial charge in [0.05, 0.1) is 31.1 Å². The van der Waals surface area contributed by atoms with Crippen LogP contribution in [0.25, 0.3) is 5.70 Å². The fraction of sp³-hybridized carbons (Fsp3) is 0.440. The first-order chi connectivity index (χ1) is 18.0. The van der Waals surface area contributed by atoms with Crippen molar-refractivity contribution in [2.24, 2.45) is 4.99 Å². The quantitative estimate of drug-likeness (QED) is 0.337. The lowest BCUT2D eigenvalue weighted by atomic mass is 9.99. The van der Waals surface area contributed by atoms with E-state index in [1.165, 1.54) is 0 Å². The zero-order valence-electron chi connectivity index (χ0n) is 20.5. The molecular weight excluding hydrogens is 476 g/mol. The number of likely N-dealkylation sites (tertiary alicyclic amines) is 1. The number of morpholine rings is 1. The molecule has 3 aliphatic heterocycles. The molecule has 0 bridgehead atoms. The van der Waals surface area contributed by atoms with Crippen molar-refractivity contribution in [2.75, 3.05) is 51.7 Å². The van der Waals surface area contributed by atoms with Crippen LogP contribution in [-0.2, 0) is 9.53 Å². The van der Waals surface area contributed by atoms with E-state index in [1.54, 1.807) is 41.6 Å². The van der Waals surface area contributed by atoms with Gasteiger partial charge >= 0.3 is 0 Å². The number of anilines is 1. The van der Waals surface area contributed by atoms with Gasteiger partial charge in [-0.05, 0) is 12.0 Å². The van der Waals surface area contributed by atoms with Gasteiger partial charge in [-0.15, -0.1) is 0 Å². The van der Waals surface area contributed by atoms with Gasteiger partial charge in [0.25, 0.3) is 5.91 Å². The van der Waals surface area contributed by atoms with E-state index in [2.05, 4.69) is 25.5 Å². The molecule has 2 saturated heterocycles. The van der Waals surface area contributed by atoms with Crippen molar-refractivity contribution >= 4 is 23.4 Å². The average Bonchev–Trinajstić information content (AvgIpc) is 3.37. The third kappa shape index (κ3) is 5.57. The topological polar surface area (TPSA) is 161 Å². The fourth-order valence-corrected chi connectivity index (χ4v) is 4.78. The van der Waals surface area contributed by atoms with Crippen molar-refractivity contribution < 1.29 is 19.7 Å². The zero-order valence-corrected chi connectivity index (χ0v) is 20.5. The molecule has 12 heteroatoms. The second-order valence-corrected chi connectivity index (χ2v) is 9.46. The van der Waals surface area contributed by atoms with Gasteiger partial charge in [-0.3, -0.25) is 9.69 Å². The van der Waals surface area contributed by atoms with Crippen LogP contribution in [0.15, 0.2) is 53.8 Å². The Balaban J connectivity index is 1.36. The maximum Gasteiger partial charge on any atom is 0.256 e. The molecule has 0 saturated carbocycles. The van der Waals surface area contributed by atoms with E-state index in [4.69, 9.17) is 15.5 Å². The summed E-state index contributed by atoms with van der Waals surface area (Å²) in [6.45, 7) is 3.08. The summed E-state index contributed by atoms with van der Waals surface area (Å²) in [5, 5.41) is 27.9. The second-order valence-electron chi connectivity index (χ2n) is 9.46. The molecule has 3 aliphatic rings. The fourth-order valence-electron chi connectivity index (χ4n) is 4.78. The summed E-state index contributed by atoms with van der Waals surface area (Å²) < 4.78 is 5.50. The maximum absolute atomic E-state index is 13.0. The first-order valence-electron chi connectivity index (χ1n) is 12.3. The highest BCUT2D eigenvalue weighted by atomic mass is 16.5. The number of nitrogen functional groups attached to an aromatic ring is 1. The van der Waals surface area contributed by atoms with E-state index in [1.807, 2.05) is 12.1 Å². The molecule has 0 radical (unpaired) electrons. The Morgan fingerprint density at radius 2 is 1.95 bits per heavy atom. The molecule has 2 aromatic rings. The summed E-state index contributed by atoms with van der Waals surface area (Å²) in [6.07, 6.45) is 4.01. The average molecular weight is 509 g/mol. The summed E-state index contributed by atoms with van der Waals surface area (Å²) in [5.74, 6) is 0.357. The molecule has 0 aliphatic carbocycles. The van der Waals surface area contributed by atoms with Crippen molar-refractivity contribution in [3.05, 3.63) is 59.9 Å². The smallest absolute Gasteiger partial charge is 0.256 e. The Labute approximate surface area is 214 Å². The molecule has 1 unspecified atom stereocenters. The molecule has 1 aromatic carbocycles. The van der Waals surface area contributed by atoms with Crippen molar-refractivity contribution in [3.63, 3.8) is 0 Å². The summed E-state index contributed by atoms with van der Waals surface area (Å²) in [7, 11) is 0. The summed E-state index contributed by atoms with van der Waals surface area (Å²) in [6, 6.07) is 8.84. The van der Waals surface area contributed by atoms with Crippen LogP contribution in [0.5, 0.6) is 0 Å². The van der Waals surface area contributed by atoms with Crippen LogP contribution in [0.4, 0.5) is 5.95 Å². The summed E-state index contributed by atoms with van der Waals surface area (Å²) >= 11 is 0. The predicted octanol–water partition coefficient (Wildman–Crippen LogP) is -0.696. The number of ether oxygens (including phenoxy) is 1. The van der Waals surface area contributed by atoms with Crippen molar-refractivity contribution in [1.82, 2.24) is 30.4 Å². The van der Waals surface area contributed by atoms with E-state index in [9.17, 15) is 15.0 Å². The van der Waals surface area contributed by atoms with Gasteiger partial charge in [-0.2, -0.15) is 0 Å². The highest BCUT2D eigenvalue weighted by Crippen LogP contribution is 2.26. The molecule has 5 rings (SSSR count). The molecule has 6 N–H and O–H groups in total. The predicted molar refractivity (Wildman–Crippen MR) is 137 cm³/mol. The van der Waals surface area contributed by atoms with Crippen LogP contribution in [0.3, 0.4) is 0 Å². The number of nitrogens with two attached hydrogens (primary N) is 1. The molecule has 1 aromatic heterocycles. The van der Waals surface area contributed by atoms with Crippen LogP contribution in [0.2, 0.25) is 0 Å². The van der Waals surface area contributed by atoms with Crippen LogP contribution >= 0.6 is 0 Å². The molecule has 4 heterocycles. The first-order valence-corrected chi connectivity index (χ1v) is 12.3. The zero-order chi connectivity index (χ0) is 25.8. The second kappa shape index (κ2) is 10.8. The highest BCUT2D eigenvalue weighted by Gasteiger charge is 2.42. The van der Waals surface area contributed by atoms with Gasteiger partial charge in [0.1, 0.15) is 5.84 Å². The minimum atomic E-state index is -1.25. The van der Waals surface area contributed by atoms with E-state index < -0.39 is 17.6 Å². The maximum atomic E-state index is 13.0. The van der Waals surface area contributed by atoms with E-state index in [-0.39, 0.29) is 25.4 Å². The Hall–Kier alpha value is -3.58. The van der Waals surface area contributed by atoms with Gasteiger partial charge in [0, 0.05) is 50.2 Å². The van der Waals surface area contributed by atoms with Crippen LogP contribution < -0.4 is 16.4 Å². The SMILES string of the molecule is Nc1ncc(C2=CC(N[C@@]3(CO)CCN(C(=O)[C@@H](O)c4ccccc4)C3)=NC(N3CCOCC3)N2)cn1. The lowest BCUT2D eigenvalue weighted by molar-refractivity contribution is -0.139. The molecule has 2 fully saturated rings. The first kappa shape index (κ1) is 25.1. The molecular formula is C25H32N8O4. The number of carbonyl (C=O) groups is 1. The van der Waals surface area contributed by atoms with Crippen LogP contribution in [-0.4, -0.2) is 99.6 Å². The number of aliphatic imine (C=N–C) groups is 1. The summed E-state index contributed by atoms with van der Waals surface area (Å²) in [5.41, 5.74) is 6.90. The summed E-state index contributed by atoms with van der Waals surface area (Å²) in [4.78, 5) is 29.9. The van der Waals surface area contributed by atoms with Crippen molar-refractivity contribution in [1.29, 1.82) is 0 Å². The highest BCUT2D eigenvalue weighted by molar-refractivity contribution is 6.00. The number of aliphatic hydroxyl groups is 2. The number of carbonyl (C=O) groups excluding carboxylic acids is 1. The van der Waals surface area contributed by atoms with Gasteiger partial charge < -0.3 is 36.2 Å². The molecule has 12 nitrogen and oxygen atoms in total. The van der Waals surface area contributed by atoms with Crippen molar-refractivity contribution in [3.8, 4) is 0 Å². The number of aromatic nitrogens is 2. The third-order valence-corrected chi connectivity index (χ3v) is 6.91. The number of hydrogen-bond acceptors (Lipinski definition) is 11. The molecule has 0 spiro atoms. The monoisotopic (exact) mass is 508 g/mol. The number of amides is 1. The number of rotatable bonds is 6. The third-order valence-electron chi connectivity index (χ3n) is 6.91. The number of hydrogen-bond donors (Lipinski definition) is 5. The molecule has 1 amide bonds. The van der Waals surface area contributed by atoms with Crippen LogP contribution in [0.1, 0.15) is 23.7 Å². The standard InChI is InChI=1S/C25H32N8O4/c26-23-27-13-18(14-28-23)19-12-20(30-24(29-19)32-8-10-37-11-9-32)31-25(16-34)6-7-33(15-25)22(36)21(35)17-4-2-1-3-5-17/h1-5,12-14,21,24,29,34-35H,6-11,15-16H2,(H,30,31)(H2,26,27,28)/t21-,24?,25-/m0/s1.